The van der Waals surface area contributed by atoms with Crippen molar-refractivity contribution in [3.8, 4) is 0 Å². The molecule has 0 aliphatic carbocycles. The van der Waals surface area contributed by atoms with Gasteiger partial charge in [0, 0.05) is 18.8 Å². The molecule has 1 atom stereocenters. The Balaban J connectivity index is 2.85. The largest absolute Gasteiger partial charge is 0.481 e. The normalized spacial score (nSPS) is 13.1. The van der Waals surface area contributed by atoms with E-state index in [1.807, 2.05) is 44.5 Å². The molecule has 2 N–H and O–H groups in total. The highest BCUT2D eigenvalue weighted by Gasteiger charge is 2.29. The lowest BCUT2D eigenvalue weighted by molar-refractivity contribution is -0.138. The number of aliphatic carboxylic acids is 1. The van der Waals surface area contributed by atoms with Gasteiger partial charge in [-0.05, 0) is 24.5 Å². The number of nitrogens with one attached hydrogen (secondary N) is 1. The summed E-state index contributed by atoms with van der Waals surface area (Å²) in [6.45, 7) is 8.41. The predicted molar refractivity (Wildman–Crippen MR) is 73.1 cm³/mol. The molecule has 1 heterocycles. The average Bonchev–Trinajstić information content (AvgIpc) is 2.74. The molecule has 0 aliphatic heterocycles. The fourth-order valence-corrected chi connectivity index (χ4v) is 1.88. The fourth-order valence-electron chi connectivity index (χ4n) is 1.88. The Morgan fingerprint density at radius 2 is 2.05 bits per heavy atom. The third kappa shape index (κ3) is 4.12. The number of hydrogen-bond acceptors (Lipinski definition) is 2. The highest BCUT2D eigenvalue weighted by molar-refractivity contribution is 5.93. The molecular formula is C14H22N2O3. The minimum Gasteiger partial charge on any atom is -0.481 e. The number of carbonyl (C=O) groups excluding carboxylic acids is 1. The first-order valence-electron chi connectivity index (χ1n) is 6.43. The van der Waals surface area contributed by atoms with Crippen molar-refractivity contribution in [2.75, 3.05) is 0 Å². The van der Waals surface area contributed by atoms with E-state index in [1.165, 1.54) is 0 Å². The number of carboxylic acids is 1. The average molecular weight is 266 g/mol. The molecule has 0 aromatic carbocycles. The molecule has 0 spiro atoms. The van der Waals surface area contributed by atoms with Crippen LogP contribution >= 0.6 is 0 Å². The van der Waals surface area contributed by atoms with Crippen LogP contribution in [0.4, 0.5) is 0 Å². The molecule has 5 nitrogen and oxygen atoms in total. The Morgan fingerprint density at radius 1 is 1.42 bits per heavy atom. The second kappa shape index (κ2) is 5.91. The van der Waals surface area contributed by atoms with Crippen LogP contribution in [0.15, 0.2) is 18.3 Å². The van der Waals surface area contributed by atoms with E-state index < -0.39 is 12.0 Å². The van der Waals surface area contributed by atoms with E-state index in [4.69, 9.17) is 5.11 Å². The van der Waals surface area contributed by atoms with Crippen molar-refractivity contribution in [2.24, 2.45) is 5.41 Å². The van der Waals surface area contributed by atoms with E-state index in [9.17, 15) is 9.59 Å². The van der Waals surface area contributed by atoms with Crippen molar-refractivity contribution in [3.63, 3.8) is 0 Å². The van der Waals surface area contributed by atoms with E-state index in [-0.39, 0.29) is 17.7 Å². The predicted octanol–water partition coefficient (Wildman–Crippen LogP) is 2.13. The van der Waals surface area contributed by atoms with E-state index in [0.29, 0.717) is 12.2 Å². The smallest absolute Gasteiger partial charge is 0.305 e. The quantitative estimate of drug-likeness (QED) is 0.857. The van der Waals surface area contributed by atoms with Crippen LogP contribution in [0.1, 0.15) is 44.6 Å². The van der Waals surface area contributed by atoms with Crippen LogP contribution in [0.2, 0.25) is 0 Å². The van der Waals surface area contributed by atoms with Gasteiger partial charge in [-0.15, -0.1) is 0 Å². The van der Waals surface area contributed by atoms with Crippen LogP contribution < -0.4 is 5.32 Å². The molecular weight excluding hydrogens is 244 g/mol. The van der Waals surface area contributed by atoms with Gasteiger partial charge in [-0.1, -0.05) is 20.8 Å². The number of rotatable bonds is 5. The zero-order valence-electron chi connectivity index (χ0n) is 11.9. The first kappa shape index (κ1) is 15.3. The Kier molecular flexibility index (Phi) is 4.75. The van der Waals surface area contributed by atoms with E-state index >= 15 is 0 Å². The molecule has 1 amide bonds. The maximum Gasteiger partial charge on any atom is 0.305 e. The number of carbonyl (C=O) groups is 2. The zero-order chi connectivity index (χ0) is 14.6. The molecule has 5 heteroatoms. The lowest BCUT2D eigenvalue weighted by Gasteiger charge is -2.30. The van der Waals surface area contributed by atoms with Gasteiger partial charge in [0.25, 0.3) is 5.91 Å². The summed E-state index contributed by atoms with van der Waals surface area (Å²) < 4.78 is 1.83. The van der Waals surface area contributed by atoms with Gasteiger partial charge in [0.1, 0.15) is 5.69 Å². The van der Waals surface area contributed by atoms with Gasteiger partial charge in [0.05, 0.1) is 6.42 Å². The fraction of sp³-hybridized carbons (Fsp3) is 0.571. The third-order valence-electron chi connectivity index (χ3n) is 3.13. The summed E-state index contributed by atoms with van der Waals surface area (Å²) >= 11 is 0. The molecule has 1 unspecified atom stereocenters. The number of amides is 1. The molecule has 0 aliphatic rings. The van der Waals surface area contributed by atoms with Crippen LogP contribution in [0.5, 0.6) is 0 Å². The summed E-state index contributed by atoms with van der Waals surface area (Å²) in [7, 11) is 0. The first-order valence-corrected chi connectivity index (χ1v) is 6.43. The molecule has 0 fully saturated rings. The number of nitrogens with zero attached hydrogens (tertiary/aromatic N) is 1. The Labute approximate surface area is 113 Å². The monoisotopic (exact) mass is 266 g/mol. The molecule has 0 bridgehead atoms. The molecule has 0 saturated carbocycles. The zero-order valence-corrected chi connectivity index (χ0v) is 11.9. The summed E-state index contributed by atoms with van der Waals surface area (Å²) in [5.41, 5.74) is 0.250. The van der Waals surface area contributed by atoms with Crippen molar-refractivity contribution < 1.29 is 14.7 Å². The van der Waals surface area contributed by atoms with Gasteiger partial charge in [-0.25, -0.2) is 0 Å². The minimum absolute atomic E-state index is 0.0813. The highest BCUT2D eigenvalue weighted by atomic mass is 16.4. The van der Waals surface area contributed by atoms with Crippen LogP contribution in [-0.2, 0) is 11.3 Å². The third-order valence-corrected chi connectivity index (χ3v) is 3.13. The van der Waals surface area contributed by atoms with Crippen molar-refractivity contribution in [1.82, 2.24) is 9.88 Å². The summed E-state index contributed by atoms with van der Waals surface area (Å²) in [6, 6.07) is 3.14. The van der Waals surface area contributed by atoms with Crippen molar-refractivity contribution in [1.29, 1.82) is 0 Å². The lowest BCUT2D eigenvalue weighted by Crippen LogP contribution is -2.45. The summed E-state index contributed by atoms with van der Waals surface area (Å²) in [5.74, 6) is -1.14. The number of hydrogen-bond donors (Lipinski definition) is 2. The lowest BCUT2D eigenvalue weighted by atomic mass is 9.84. The maximum atomic E-state index is 12.2. The Bertz CT molecular complexity index is 458. The first-order chi connectivity index (χ1) is 8.75. The van der Waals surface area contributed by atoms with Gasteiger partial charge < -0.3 is 15.0 Å². The number of aromatic nitrogens is 1. The molecule has 0 radical (unpaired) electrons. The van der Waals surface area contributed by atoms with Crippen molar-refractivity contribution in [3.05, 3.63) is 24.0 Å². The standard InChI is InChI=1S/C14H22N2O3/c1-5-16-8-6-7-10(16)13(19)15-11(9-12(17)18)14(2,3)4/h6-8,11H,5,9H2,1-4H3,(H,15,19)(H,17,18). The minimum atomic E-state index is -0.911. The molecule has 1 aromatic heterocycles. The van der Waals surface area contributed by atoms with Gasteiger partial charge in [0.15, 0.2) is 0 Å². The maximum absolute atomic E-state index is 12.2. The number of aryl methyl sites for hydroxylation is 1. The van der Waals surface area contributed by atoms with Gasteiger partial charge >= 0.3 is 5.97 Å². The number of carboxylic acid groups (broad SMARTS) is 1. The van der Waals surface area contributed by atoms with Crippen LogP contribution in [0.25, 0.3) is 0 Å². The molecule has 106 valence electrons. The Hall–Kier alpha value is -1.78. The van der Waals surface area contributed by atoms with Crippen LogP contribution in [0, 0.1) is 5.41 Å². The Morgan fingerprint density at radius 3 is 2.53 bits per heavy atom. The summed E-state index contributed by atoms with van der Waals surface area (Å²) in [4.78, 5) is 23.1. The van der Waals surface area contributed by atoms with E-state index in [2.05, 4.69) is 5.32 Å². The highest BCUT2D eigenvalue weighted by Crippen LogP contribution is 2.22. The summed E-state index contributed by atoms with van der Waals surface area (Å²) in [6.07, 6.45) is 1.75. The molecule has 1 rings (SSSR count). The SMILES string of the molecule is CCn1cccc1C(=O)NC(CC(=O)O)C(C)(C)C. The van der Waals surface area contributed by atoms with Crippen LogP contribution in [-0.4, -0.2) is 27.6 Å². The van der Waals surface area contributed by atoms with E-state index in [1.54, 1.807) is 6.07 Å². The molecule has 19 heavy (non-hydrogen) atoms. The van der Waals surface area contributed by atoms with Gasteiger partial charge in [-0.3, -0.25) is 9.59 Å². The molecule has 1 aromatic rings. The van der Waals surface area contributed by atoms with E-state index in [0.717, 1.165) is 0 Å². The van der Waals surface area contributed by atoms with Crippen LogP contribution in [0.3, 0.4) is 0 Å². The summed E-state index contributed by atoms with van der Waals surface area (Å²) in [5, 5.41) is 11.8. The molecule has 0 saturated heterocycles. The van der Waals surface area contributed by atoms with Gasteiger partial charge in [0.2, 0.25) is 0 Å². The van der Waals surface area contributed by atoms with Gasteiger partial charge in [-0.2, -0.15) is 0 Å². The topological polar surface area (TPSA) is 71.3 Å². The second-order valence-corrected chi connectivity index (χ2v) is 5.67. The van der Waals surface area contributed by atoms with Crippen molar-refractivity contribution in [2.45, 2.75) is 46.7 Å². The van der Waals surface area contributed by atoms with Crippen molar-refractivity contribution >= 4 is 11.9 Å². The second-order valence-electron chi connectivity index (χ2n) is 5.67.